The number of halogens is 1. The molecule has 1 aliphatic heterocycles. The third-order valence-electron chi connectivity index (χ3n) is 5.26. The van der Waals surface area contributed by atoms with E-state index in [-0.39, 0.29) is 11.3 Å². The Kier molecular flexibility index (Phi) is 7.17. The minimum Gasteiger partial charge on any atom is -0.490 e. The number of carbonyl (C=O) groups excluding carboxylic acids is 3. The number of nitrogens with zero attached hydrogens (tertiary/aromatic N) is 1. The van der Waals surface area contributed by atoms with Crippen molar-refractivity contribution in [3.63, 3.8) is 0 Å². The van der Waals surface area contributed by atoms with Crippen molar-refractivity contribution < 1.29 is 23.9 Å². The van der Waals surface area contributed by atoms with Crippen molar-refractivity contribution in [2.45, 2.75) is 20.5 Å². The zero-order valence-corrected chi connectivity index (χ0v) is 20.0. The van der Waals surface area contributed by atoms with Crippen LogP contribution >= 0.6 is 11.6 Å². The summed E-state index contributed by atoms with van der Waals surface area (Å²) in [5.41, 5.74) is 2.78. The van der Waals surface area contributed by atoms with Crippen molar-refractivity contribution in [1.29, 1.82) is 0 Å². The number of urea groups is 1. The molecule has 0 radical (unpaired) electrons. The van der Waals surface area contributed by atoms with E-state index in [9.17, 15) is 14.4 Å². The van der Waals surface area contributed by atoms with E-state index in [1.807, 2.05) is 38.1 Å². The van der Waals surface area contributed by atoms with Gasteiger partial charge in [0.25, 0.3) is 11.8 Å². The van der Waals surface area contributed by atoms with Gasteiger partial charge in [-0.15, -0.1) is 0 Å². The van der Waals surface area contributed by atoms with Gasteiger partial charge in [-0.1, -0.05) is 53.6 Å². The van der Waals surface area contributed by atoms with Crippen LogP contribution in [0.15, 0.2) is 72.3 Å². The smallest absolute Gasteiger partial charge is 0.335 e. The molecule has 3 aromatic rings. The number of barbiturate groups is 1. The van der Waals surface area contributed by atoms with E-state index in [2.05, 4.69) is 5.32 Å². The topological polar surface area (TPSA) is 84.9 Å². The third-order valence-corrected chi connectivity index (χ3v) is 5.50. The molecule has 0 spiro atoms. The summed E-state index contributed by atoms with van der Waals surface area (Å²) in [6.07, 6.45) is 1.41. The molecule has 0 atom stereocenters. The van der Waals surface area contributed by atoms with Crippen molar-refractivity contribution >= 4 is 41.2 Å². The second kappa shape index (κ2) is 10.4. The molecule has 0 bridgehead atoms. The highest BCUT2D eigenvalue weighted by molar-refractivity contribution is 6.39. The van der Waals surface area contributed by atoms with Gasteiger partial charge in [-0.3, -0.25) is 14.9 Å². The standard InChI is InChI=1S/C27H23ClN2O5/c1-3-34-24-14-19(11-12-23(24)35-16-18-9-7-17(2)8-10-18)13-22-25(31)29-27(33)30(26(22)32)21-6-4-5-20(28)15-21/h4-15H,3,16H2,1-2H3,(H,29,31,33)/b22-13+. The van der Waals surface area contributed by atoms with Crippen LogP contribution in [0.4, 0.5) is 10.5 Å². The summed E-state index contributed by atoms with van der Waals surface area (Å²) in [6, 6.07) is 18.6. The number of amides is 4. The highest BCUT2D eigenvalue weighted by atomic mass is 35.5. The van der Waals surface area contributed by atoms with E-state index in [1.54, 1.807) is 36.4 Å². The number of imide groups is 2. The Morgan fingerprint density at radius 2 is 1.71 bits per heavy atom. The summed E-state index contributed by atoms with van der Waals surface area (Å²) in [5.74, 6) is -0.528. The summed E-state index contributed by atoms with van der Waals surface area (Å²) in [4.78, 5) is 38.9. The number of rotatable bonds is 7. The minimum absolute atomic E-state index is 0.194. The van der Waals surface area contributed by atoms with Crippen LogP contribution in [0, 0.1) is 6.92 Å². The van der Waals surface area contributed by atoms with Gasteiger partial charge in [0.2, 0.25) is 0 Å². The van der Waals surface area contributed by atoms with Crippen LogP contribution in [-0.2, 0) is 16.2 Å². The average Bonchev–Trinajstić information content (AvgIpc) is 2.82. The molecule has 0 saturated carbocycles. The fraction of sp³-hybridized carbons (Fsp3) is 0.148. The number of ether oxygens (including phenoxy) is 2. The summed E-state index contributed by atoms with van der Waals surface area (Å²) in [5, 5.41) is 2.56. The second-order valence-electron chi connectivity index (χ2n) is 7.85. The average molecular weight is 491 g/mol. The van der Waals surface area contributed by atoms with Gasteiger partial charge in [0.1, 0.15) is 12.2 Å². The number of hydrogen-bond acceptors (Lipinski definition) is 5. The quantitative estimate of drug-likeness (QED) is 0.359. The molecule has 3 aromatic carbocycles. The molecule has 178 valence electrons. The van der Waals surface area contributed by atoms with E-state index in [0.29, 0.717) is 35.3 Å². The first-order valence-electron chi connectivity index (χ1n) is 11.0. The molecule has 0 aromatic heterocycles. The Balaban J connectivity index is 1.61. The van der Waals surface area contributed by atoms with E-state index < -0.39 is 17.8 Å². The summed E-state index contributed by atoms with van der Waals surface area (Å²) < 4.78 is 11.7. The van der Waals surface area contributed by atoms with Crippen LogP contribution < -0.4 is 19.7 Å². The maximum atomic E-state index is 13.1. The van der Waals surface area contributed by atoms with Gasteiger partial charge in [-0.05, 0) is 61.4 Å². The number of hydrogen-bond donors (Lipinski definition) is 1. The van der Waals surface area contributed by atoms with Crippen molar-refractivity contribution in [3.8, 4) is 11.5 Å². The van der Waals surface area contributed by atoms with Crippen LogP contribution in [0.25, 0.3) is 6.08 Å². The first-order valence-corrected chi connectivity index (χ1v) is 11.4. The Bertz CT molecular complexity index is 1320. The zero-order chi connectivity index (χ0) is 24.9. The monoisotopic (exact) mass is 490 g/mol. The number of anilines is 1. The predicted molar refractivity (Wildman–Crippen MR) is 134 cm³/mol. The molecular formula is C27H23ClN2O5. The molecule has 1 fully saturated rings. The van der Waals surface area contributed by atoms with Crippen LogP contribution in [0.3, 0.4) is 0 Å². The predicted octanol–water partition coefficient (Wildman–Crippen LogP) is 5.29. The van der Waals surface area contributed by atoms with E-state index >= 15 is 0 Å². The van der Waals surface area contributed by atoms with Crippen molar-refractivity contribution in [2.24, 2.45) is 0 Å². The number of benzene rings is 3. The van der Waals surface area contributed by atoms with Gasteiger partial charge in [-0.2, -0.15) is 0 Å². The minimum atomic E-state index is -0.839. The highest BCUT2D eigenvalue weighted by Gasteiger charge is 2.36. The van der Waals surface area contributed by atoms with Crippen LogP contribution in [0.2, 0.25) is 5.02 Å². The molecule has 35 heavy (non-hydrogen) atoms. The maximum Gasteiger partial charge on any atom is 0.335 e. The Morgan fingerprint density at radius 1 is 0.943 bits per heavy atom. The van der Waals surface area contributed by atoms with Gasteiger partial charge >= 0.3 is 6.03 Å². The number of aryl methyl sites for hydroxylation is 1. The second-order valence-corrected chi connectivity index (χ2v) is 8.29. The largest absolute Gasteiger partial charge is 0.490 e. The van der Waals surface area contributed by atoms with Crippen molar-refractivity contribution in [3.05, 3.63) is 94.0 Å². The van der Waals surface area contributed by atoms with Gasteiger partial charge < -0.3 is 9.47 Å². The van der Waals surface area contributed by atoms with Gasteiger partial charge in [-0.25, -0.2) is 9.69 Å². The number of nitrogens with one attached hydrogen (secondary N) is 1. The van der Waals surface area contributed by atoms with E-state index in [4.69, 9.17) is 21.1 Å². The van der Waals surface area contributed by atoms with Crippen molar-refractivity contribution in [2.75, 3.05) is 11.5 Å². The van der Waals surface area contributed by atoms with E-state index in [1.165, 1.54) is 12.1 Å². The van der Waals surface area contributed by atoms with Crippen LogP contribution in [-0.4, -0.2) is 24.5 Å². The Hall–Kier alpha value is -4.10. The van der Waals surface area contributed by atoms with Gasteiger partial charge in [0, 0.05) is 5.02 Å². The molecule has 0 unspecified atom stereocenters. The van der Waals surface area contributed by atoms with Gasteiger partial charge in [0.05, 0.1) is 12.3 Å². The lowest BCUT2D eigenvalue weighted by atomic mass is 10.1. The normalized spacial score (nSPS) is 14.8. The fourth-order valence-corrected chi connectivity index (χ4v) is 3.71. The molecule has 7 nitrogen and oxygen atoms in total. The maximum absolute atomic E-state index is 13.1. The lowest BCUT2D eigenvalue weighted by Crippen LogP contribution is -2.54. The molecule has 8 heteroatoms. The van der Waals surface area contributed by atoms with Crippen molar-refractivity contribution in [1.82, 2.24) is 5.32 Å². The Morgan fingerprint density at radius 3 is 2.43 bits per heavy atom. The lowest BCUT2D eigenvalue weighted by molar-refractivity contribution is -0.122. The molecule has 4 amide bonds. The molecule has 1 N–H and O–H groups in total. The first-order chi connectivity index (χ1) is 16.9. The summed E-state index contributed by atoms with van der Waals surface area (Å²) in [6.45, 7) is 4.63. The third kappa shape index (κ3) is 5.53. The molecular weight excluding hydrogens is 468 g/mol. The number of carbonyl (C=O) groups is 3. The zero-order valence-electron chi connectivity index (χ0n) is 19.2. The molecule has 0 aliphatic carbocycles. The molecule has 1 heterocycles. The first kappa shape index (κ1) is 24.0. The SMILES string of the molecule is CCOc1cc(/C=C2\C(=O)NC(=O)N(c3cccc(Cl)c3)C2=O)ccc1OCc1ccc(C)cc1. The van der Waals surface area contributed by atoms with Crippen LogP contribution in [0.5, 0.6) is 11.5 Å². The van der Waals surface area contributed by atoms with Gasteiger partial charge in [0.15, 0.2) is 11.5 Å². The molecule has 4 rings (SSSR count). The molecule has 1 saturated heterocycles. The van der Waals surface area contributed by atoms with E-state index in [0.717, 1.165) is 16.0 Å². The summed E-state index contributed by atoms with van der Waals surface area (Å²) >= 11 is 6.01. The highest BCUT2D eigenvalue weighted by Crippen LogP contribution is 2.31. The van der Waals surface area contributed by atoms with Crippen LogP contribution in [0.1, 0.15) is 23.6 Å². The fourth-order valence-electron chi connectivity index (χ4n) is 3.52. The molecule has 1 aliphatic rings. The lowest BCUT2D eigenvalue weighted by Gasteiger charge is -2.26. The summed E-state index contributed by atoms with van der Waals surface area (Å²) in [7, 11) is 0. The Labute approximate surface area is 207 Å².